The SMILES string of the molecule is CC(Oc1ccc([C@H](C)N)cc1Cl)C(=O)O. The maximum Gasteiger partial charge on any atom is 0.344 e. The minimum atomic E-state index is -1.03. The Kier molecular flexibility index (Phi) is 4.15. The predicted molar refractivity (Wildman–Crippen MR) is 61.8 cm³/mol. The van der Waals surface area contributed by atoms with E-state index in [1.807, 2.05) is 6.92 Å². The monoisotopic (exact) mass is 243 g/mol. The fraction of sp³-hybridized carbons (Fsp3) is 0.364. The maximum absolute atomic E-state index is 10.6. The lowest BCUT2D eigenvalue weighted by Crippen LogP contribution is -2.23. The fourth-order valence-electron chi connectivity index (χ4n) is 1.14. The molecule has 0 amide bonds. The van der Waals surface area contributed by atoms with E-state index in [-0.39, 0.29) is 6.04 Å². The first-order valence-corrected chi connectivity index (χ1v) is 5.24. The van der Waals surface area contributed by atoms with Crippen molar-refractivity contribution in [3.8, 4) is 5.75 Å². The number of hydrogen-bond acceptors (Lipinski definition) is 3. The maximum atomic E-state index is 10.6. The van der Waals surface area contributed by atoms with Crippen molar-refractivity contribution in [2.45, 2.75) is 26.0 Å². The summed E-state index contributed by atoms with van der Waals surface area (Å²) in [5.41, 5.74) is 6.56. The van der Waals surface area contributed by atoms with Crippen LogP contribution in [0.2, 0.25) is 5.02 Å². The van der Waals surface area contributed by atoms with Crippen molar-refractivity contribution >= 4 is 17.6 Å². The second-order valence-corrected chi connectivity index (χ2v) is 3.98. The Hall–Kier alpha value is -1.26. The van der Waals surface area contributed by atoms with Crippen LogP contribution in [0.5, 0.6) is 5.75 Å². The molecule has 4 nitrogen and oxygen atoms in total. The molecule has 1 unspecified atom stereocenters. The van der Waals surface area contributed by atoms with E-state index in [9.17, 15) is 4.79 Å². The quantitative estimate of drug-likeness (QED) is 0.851. The standard InChI is InChI=1S/C11H14ClNO3/c1-6(13)8-3-4-10(9(12)5-8)16-7(2)11(14)15/h3-7H,13H2,1-2H3,(H,14,15)/t6-,7?/m0/s1. The summed E-state index contributed by atoms with van der Waals surface area (Å²) in [6.45, 7) is 3.28. The number of carbonyl (C=O) groups is 1. The van der Waals surface area contributed by atoms with E-state index < -0.39 is 12.1 Å². The molecule has 0 saturated heterocycles. The van der Waals surface area contributed by atoms with Gasteiger partial charge in [-0.15, -0.1) is 0 Å². The minimum absolute atomic E-state index is 0.122. The molecule has 1 rings (SSSR count). The first-order valence-electron chi connectivity index (χ1n) is 4.86. The van der Waals surface area contributed by atoms with Gasteiger partial charge in [0, 0.05) is 6.04 Å². The lowest BCUT2D eigenvalue weighted by molar-refractivity contribution is -0.144. The van der Waals surface area contributed by atoms with Crippen molar-refractivity contribution in [3.05, 3.63) is 28.8 Å². The third-order valence-corrected chi connectivity index (χ3v) is 2.43. The summed E-state index contributed by atoms with van der Waals surface area (Å²) in [5, 5.41) is 9.05. The number of aliphatic carboxylic acids is 1. The lowest BCUT2D eigenvalue weighted by atomic mass is 10.1. The fourth-order valence-corrected chi connectivity index (χ4v) is 1.37. The van der Waals surface area contributed by atoms with Gasteiger partial charge in [0.05, 0.1) is 5.02 Å². The molecule has 0 spiro atoms. The molecule has 5 heteroatoms. The van der Waals surface area contributed by atoms with E-state index in [1.54, 1.807) is 18.2 Å². The summed E-state index contributed by atoms with van der Waals surface area (Å²) in [5.74, 6) is -0.687. The molecule has 0 heterocycles. The Labute approximate surface area is 99.0 Å². The molecule has 2 atom stereocenters. The molecule has 0 fully saturated rings. The molecule has 3 N–H and O–H groups in total. The van der Waals surface area contributed by atoms with Gasteiger partial charge in [0.2, 0.25) is 0 Å². The number of rotatable bonds is 4. The van der Waals surface area contributed by atoms with Crippen LogP contribution < -0.4 is 10.5 Å². The van der Waals surface area contributed by atoms with Crippen molar-refractivity contribution in [1.29, 1.82) is 0 Å². The van der Waals surface area contributed by atoms with Crippen LogP contribution in [0.1, 0.15) is 25.5 Å². The van der Waals surface area contributed by atoms with Gasteiger partial charge in [-0.1, -0.05) is 17.7 Å². The number of halogens is 1. The Morgan fingerprint density at radius 3 is 2.56 bits per heavy atom. The van der Waals surface area contributed by atoms with Crippen molar-refractivity contribution in [2.75, 3.05) is 0 Å². The highest BCUT2D eigenvalue weighted by atomic mass is 35.5. The van der Waals surface area contributed by atoms with Crippen LogP contribution in [0, 0.1) is 0 Å². The van der Waals surface area contributed by atoms with E-state index in [0.29, 0.717) is 10.8 Å². The van der Waals surface area contributed by atoms with Crippen LogP contribution in [0.25, 0.3) is 0 Å². The summed E-state index contributed by atoms with van der Waals surface area (Å²) < 4.78 is 5.17. The molecule has 1 aromatic rings. The molecule has 0 aliphatic rings. The van der Waals surface area contributed by atoms with E-state index >= 15 is 0 Å². The third kappa shape index (κ3) is 3.12. The first-order chi connectivity index (χ1) is 7.41. The van der Waals surface area contributed by atoms with Gasteiger partial charge < -0.3 is 15.6 Å². The van der Waals surface area contributed by atoms with Gasteiger partial charge in [-0.25, -0.2) is 4.79 Å². The molecule has 0 saturated carbocycles. The number of carboxylic acid groups (broad SMARTS) is 1. The molecule has 0 aromatic heterocycles. The zero-order valence-electron chi connectivity index (χ0n) is 9.11. The van der Waals surface area contributed by atoms with E-state index in [1.165, 1.54) is 6.92 Å². The Morgan fingerprint density at radius 2 is 2.12 bits per heavy atom. The smallest absolute Gasteiger partial charge is 0.344 e. The lowest BCUT2D eigenvalue weighted by Gasteiger charge is -2.13. The summed E-state index contributed by atoms with van der Waals surface area (Å²) in [6, 6.07) is 4.94. The first kappa shape index (κ1) is 12.8. The van der Waals surface area contributed by atoms with Crippen LogP contribution in [0.15, 0.2) is 18.2 Å². The average molecular weight is 244 g/mol. The molecule has 88 valence electrons. The predicted octanol–water partition coefficient (Wildman–Crippen LogP) is 2.21. The molecular weight excluding hydrogens is 230 g/mol. The zero-order valence-corrected chi connectivity index (χ0v) is 9.86. The van der Waals surface area contributed by atoms with Gasteiger partial charge >= 0.3 is 5.97 Å². The van der Waals surface area contributed by atoms with Crippen LogP contribution >= 0.6 is 11.6 Å². The number of benzene rings is 1. The highest BCUT2D eigenvalue weighted by Gasteiger charge is 2.14. The number of nitrogens with two attached hydrogens (primary N) is 1. The van der Waals surface area contributed by atoms with Gasteiger partial charge in [-0.2, -0.15) is 0 Å². The summed E-state index contributed by atoms with van der Waals surface area (Å²) in [7, 11) is 0. The molecule has 1 aromatic carbocycles. The summed E-state index contributed by atoms with van der Waals surface area (Å²) in [4.78, 5) is 10.6. The average Bonchev–Trinajstić information content (AvgIpc) is 2.20. The van der Waals surface area contributed by atoms with Gasteiger partial charge in [0.1, 0.15) is 5.75 Å². The van der Waals surface area contributed by atoms with E-state index in [2.05, 4.69) is 0 Å². The highest BCUT2D eigenvalue weighted by Crippen LogP contribution is 2.28. The summed E-state index contributed by atoms with van der Waals surface area (Å²) in [6.07, 6.45) is -0.932. The number of hydrogen-bond donors (Lipinski definition) is 2. The van der Waals surface area contributed by atoms with E-state index in [0.717, 1.165) is 5.56 Å². The van der Waals surface area contributed by atoms with Crippen molar-refractivity contribution < 1.29 is 14.6 Å². The van der Waals surface area contributed by atoms with Crippen LogP contribution in [-0.2, 0) is 4.79 Å². The second-order valence-electron chi connectivity index (χ2n) is 3.58. The van der Waals surface area contributed by atoms with Gasteiger partial charge in [0.25, 0.3) is 0 Å². The third-order valence-electron chi connectivity index (χ3n) is 2.13. The number of ether oxygens (including phenoxy) is 1. The van der Waals surface area contributed by atoms with Crippen LogP contribution in [0.3, 0.4) is 0 Å². The molecule has 0 radical (unpaired) electrons. The van der Waals surface area contributed by atoms with Crippen molar-refractivity contribution in [3.63, 3.8) is 0 Å². The van der Waals surface area contributed by atoms with E-state index in [4.69, 9.17) is 27.2 Å². The van der Waals surface area contributed by atoms with Crippen molar-refractivity contribution in [2.24, 2.45) is 5.73 Å². The van der Waals surface area contributed by atoms with Crippen molar-refractivity contribution in [1.82, 2.24) is 0 Å². The number of carboxylic acids is 1. The van der Waals surface area contributed by atoms with Gasteiger partial charge in [-0.05, 0) is 31.5 Å². The van der Waals surface area contributed by atoms with Gasteiger partial charge in [0.15, 0.2) is 6.10 Å². The Morgan fingerprint density at radius 1 is 1.50 bits per heavy atom. The zero-order chi connectivity index (χ0) is 12.3. The highest BCUT2D eigenvalue weighted by molar-refractivity contribution is 6.32. The Balaban J connectivity index is 2.87. The molecular formula is C11H14ClNO3. The minimum Gasteiger partial charge on any atom is -0.479 e. The molecule has 16 heavy (non-hydrogen) atoms. The second kappa shape index (κ2) is 5.18. The molecule has 0 aliphatic carbocycles. The largest absolute Gasteiger partial charge is 0.479 e. The topological polar surface area (TPSA) is 72.5 Å². The van der Waals surface area contributed by atoms with Crippen LogP contribution in [-0.4, -0.2) is 17.2 Å². The van der Waals surface area contributed by atoms with Gasteiger partial charge in [-0.3, -0.25) is 0 Å². The molecule has 0 bridgehead atoms. The molecule has 0 aliphatic heterocycles. The van der Waals surface area contributed by atoms with Crippen LogP contribution in [0.4, 0.5) is 0 Å². The normalized spacial score (nSPS) is 14.2. The summed E-state index contributed by atoms with van der Waals surface area (Å²) >= 11 is 5.95. The Bertz CT molecular complexity index is 393.